The minimum atomic E-state index is -3.91. The molecule has 1 heterocycles. The van der Waals surface area contributed by atoms with Gasteiger partial charge in [0.15, 0.2) is 0 Å². The number of hydrogen-bond donors (Lipinski definition) is 1. The molecule has 1 N–H and O–H groups in total. The highest BCUT2D eigenvalue weighted by molar-refractivity contribution is 7.89. The average Bonchev–Trinajstić information content (AvgIpc) is 2.83. The molecule has 0 saturated carbocycles. The summed E-state index contributed by atoms with van der Waals surface area (Å²) in [6.45, 7) is 1.80. The fourth-order valence-corrected chi connectivity index (χ4v) is 5.31. The number of carbonyl (C=O) groups excluding carboxylic acids is 3. The Bertz CT molecular complexity index is 1140. The minimum absolute atomic E-state index is 0.0151. The van der Waals surface area contributed by atoms with Crippen LogP contribution in [-0.2, 0) is 24.3 Å². The van der Waals surface area contributed by atoms with Crippen molar-refractivity contribution in [1.29, 1.82) is 0 Å². The first kappa shape index (κ1) is 24.4. The molecule has 0 atom stereocenters. The van der Waals surface area contributed by atoms with Gasteiger partial charge >= 0.3 is 5.97 Å². The smallest absolute Gasteiger partial charge is 0.339 e. The highest BCUT2D eigenvalue weighted by atomic mass is 32.2. The molecule has 0 radical (unpaired) electrons. The number of amides is 2. The van der Waals surface area contributed by atoms with Crippen molar-refractivity contribution in [3.05, 3.63) is 54.1 Å². The number of hydrogen-bond acceptors (Lipinski definition) is 6. The molecular formula is C23H27N3O6S. The Morgan fingerprint density at radius 3 is 2.21 bits per heavy atom. The molecule has 1 aliphatic heterocycles. The van der Waals surface area contributed by atoms with E-state index in [1.54, 1.807) is 43.4 Å². The van der Waals surface area contributed by atoms with Crippen molar-refractivity contribution in [3.63, 3.8) is 0 Å². The van der Waals surface area contributed by atoms with Crippen LogP contribution in [0.25, 0.3) is 0 Å². The number of nitrogens with zero attached hydrogens (tertiary/aromatic N) is 2. The van der Waals surface area contributed by atoms with Crippen LogP contribution in [0.4, 0.5) is 11.4 Å². The summed E-state index contributed by atoms with van der Waals surface area (Å²) < 4.78 is 32.2. The predicted octanol–water partition coefficient (Wildman–Crippen LogP) is 2.50. The number of piperidine rings is 1. The molecule has 0 spiro atoms. The van der Waals surface area contributed by atoms with E-state index in [2.05, 4.69) is 5.32 Å². The van der Waals surface area contributed by atoms with Gasteiger partial charge in [-0.3, -0.25) is 9.59 Å². The van der Waals surface area contributed by atoms with E-state index in [4.69, 9.17) is 4.74 Å². The van der Waals surface area contributed by atoms with E-state index in [9.17, 15) is 22.8 Å². The SMILES string of the molecule is COC(=O)c1ccccc1S(=O)(=O)N1CCC(C(=O)Nc2ccc(N(C)C(C)=O)cc2)CC1. The zero-order chi connectivity index (χ0) is 24.2. The third kappa shape index (κ3) is 5.40. The molecule has 0 aliphatic carbocycles. The van der Waals surface area contributed by atoms with Gasteiger partial charge in [0.1, 0.15) is 0 Å². The van der Waals surface area contributed by atoms with Crippen LogP contribution in [0.1, 0.15) is 30.1 Å². The van der Waals surface area contributed by atoms with Gasteiger partial charge in [-0.15, -0.1) is 0 Å². The highest BCUT2D eigenvalue weighted by Crippen LogP contribution is 2.27. The molecule has 1 saturated heterocycles. The van der Waals surface area contributed by atoms with E-state index >= 15 is 0 Å². The van der Waals surface area contributed by atoms with Crippen molar-refractivity contribution < 1.29 is 27.5 Å². The maximum absolute atomic E-state index is 13.1. The topological polar surface area (TPSA) is 113 Å². The Hall–Kier alpha value is -3.24. The van der Waals surface area contributed by atoms with Gasteiger partial charge in [0, 0.05) is 44.4 Å². The summed E-state index contributed by atoms with van der Waals surface area (Å²) in [5, 5.41) is 2.85. The summed E-state index contributed by atoms with van der Waals surface area (Å²) in [6.07, 6.45) is 0.716. The second-order valence-electron chi connectivity index (χ2n) is 7.78. The van der Waals surface area contributed by atoms with Crippen LogP contribution in [0.2, 0.25) is 0 Å². The first-order valence-corrected chi connectivity index (χ1v) is 11.9. The zero-order valence-corrected chi connectivity index (χ0v) is 19.6. The number of methoxy groups -OCH3 is 1. The summed E-state index contributed by atoms with van der Waals surface area (Å²) >= 11 is 0. The lowest BCUT2D eigenvalue weighted by atomic mass is 9.97. The molecule has 10 heteroatoms. The van der Waals surface area contributed by atoms with Crippen LogP contribution in [0.5, 0.6) is 0 Å². The number of benzene rings is 2. The van der Waals surface area contributed by atoms with Crippen LogP contribution in [-0.4, -0.2) is 57.8 Å². The van der Waals surface area contributed by atoms with Crippen molar-refractivity contribution in [2.24, 2.45) is 5.92 Å². The minimum Gasteiger partial charge on any atom is -0.465 e. The zero-order valence-electron chi connectivity index (χ0n) is 18.8. The van der Waals surface area contributed by atoms with Gasteiger partial charge in [0.2, 0.25) is 21.8 Å². The summed E-state index contributed by atoms with van der Waals surface area (Å²) in [7, 11) is -1.04. The van der Waals surface area contributed by atoms with E-state index in [0.717, 1.165) is 0 Å². The largest absolute Gasteiger partial charge is 0.465 e. The van der Waals surface area contributed by atoms with Crippen LogP contribution in [0, 0.1) is 5.92 Å². The molecule has 176 valence electrons. The Kier molecular flexibility index (Phi) is 7.50. The second-order valence-corrected chi connectivity index (χ2v) is 9.69. The third-order valence-electron chi connectivity index (χ3n) is 5.73. The van der Waals surface area contributed by atoms with E-state index in [-0.39, 0.29) is 41.3 Å². The molecule has 2 aromatic rings. The molecule has 0 aromatic heterocycles. The molecule has 33 heavy (non-hydrogen) atoms. The first-order valence-electron chi connectivity index (χ1n) is 10.5. The van der Waals surface area contributed by atoms with Gasteiger partial charge < -0.3 is 15.0 Å². The van der Waals surface area contributed by atoms with Gasteiger partial charge in [-0.05, 0) is 49.2 Å². The van der Waals surface area contributed by atoms with Gasteiger partial charge in [-0.2, -0.15) is 4.31 Å². The molecule has 1 fully saturated rings. The summed E-state index contributed by atoms with van der Waals surface area (Å²) in [6, 6.07) is 12.8. The Labute approximate surface area is 193 Å². The van der Waals surface area contributed by atoms with Gasteiger partial charge in [-0.25, -0.2) is 13.2 Å². The van der Waals surface area contributed by atoms with Gasteiger partial charge in [-0.1, -0.05) is 12.1 Å². The fraction of sp³-hybridized carbons (Fsp3) is 0.348. The standard InChI is InChI=1S/C23H27N3O6S/c1-16(27)25(2)19-10-8-18(9-11-19)24-22(28)17-12-14-26(15-13-17)33(30,31)21-7-5-4-6-20(21)23(29)32-3/h4-11,17H,12-15H2,1-3H3,(H,24,28). The van der Waals surface area contributed by atoms with Gasteiger partial charge in [0.25, 0.3) is 0 Å². The van der Waals surface area contributed by atoms with Crippen LogP contribution < -0.4 is 10.2 Å². The lowest BCUT2D eigenvalue weighted by Crippen LogP contribution is -2.41. The van der Waals surface area contributed by atoms with Crippen molar-refractivity contribution >= 4 is 39.2 Å². The molecular weight excluding hydrogens is 446 g/mol. The molecule has 1 aliphatic rings. The molecule has 0 unspecified atom stereocenters. The third-order valence-corrected chi connectivity index (χ3v) is 7.69. The molecule has 0 bridgehead atoms. The van der Waals surface area contributed by atoms with Crippen molar-refractivity contribution in [2.45, 2.75) is 24.7 Å². The van der Waals surface area contributed by atoms with Crippen LogP contribution in [0.15, 0.2) is 53.4 Å². The number of ether oxygens (including phenoxy) is 1. The molecule has 2 amide bonds. The van der Waals surface area contributed by atoms with Crippen LogP contribution in [0.3, 0.4) is 0 Å². The second kappa shape index (κ2) is 10.1. The van der Waals surface area contributed by atoms with E-state index in [1.165, 1.54) is 35.4 Å². The Morgan fingerprint density at radius 1 is 1.03 bits per heavy atom. The molecule has 3 rings (SSSR count). The number of rotatable bonds is 6. The normalized spacial score (nSPS) is 15.0. The van der Waals surface area contributed by atoms with Gasteiger partial charge in [0.05, 0.1) is 17.6 Å². The van der Waals surface area contributed by atoms with E-state index in [0.29, 0.717) is 24.2 Å². The summed E-state index contributed by atoms with van der Waals surface area (Å²) in [5.41, 5.74) is 1.30. The lowest BCUT2D eigenvalue weighted by Gasteiger charge is -2.31. The number of anilines is 2. The van der Waals surface area contributed by atoms with Crippen molar-refractivity contribution in [1.82, 2.24) is 4.31 Å². The highest BCUT2D eigenvalue weighted by Gasteiger charge is 2.34. The number of sulfonamides is 1. The maximum Gasteiger partial charge on any atom is 0.339 e. The quantitative estimate of drug-likeness (QED) is 0.645. The molecule has 2 aromatic carbocycles. The number of nitrogens with one attached hydrogen (secondary N) is 1. The van der Waals surface area contributed by atoms with Crippen molar-refractivity contribution in [2.75, 3.05) is 37.5 Å². The lowest BCUT2D eigenvalue weighted by molar-refractivity contribution is -0.121. The Balaban J connectivity index is 1.63. The van der Waals surface area contributed by atoms with Crippen LogP contribution >= 0.6 is 0 Å². The predicted molar refractivity (Wildman–Crippen MR) is 123 cm³/mol. The average molecular weight is 474 g/mol. The Morgan fingerprint density at radius 2 is 1.64 bits per heavy atom. The summed E-state index contributed by atoms with van der Waals surface area (Å²) in [5.74, 6) is -1.34. The van der Waals surface area contributed by atoms with E-state index < -0.39 is 16.0 Å². The molecule has 9 nitrogen and oxygen atoms in total. The maximum atomic E-state index is 13.1. The summed E-state index contributed by atoms with van der Waals surface area (Å²) in [4.78, 5) is 37.5. The fourth-order valence-electron chi connectivity index (χ4n) is 3.66. The number of esters is 1. The number of carbonyl (C=O) groups is 3. The van der Waals surface area contributed by atoms with Crippen molar-refractivity contribution in [3.8, 4) is 0 Å². The first-order chi connectivity index (χ1) is 15.6. The monoisotopic (exact) mass is 473 g/mol. The van der Waals surface area contributed by atoms with E-state index in [1.807, 2.05) is 0 Å².